The van der Waals surface area contributed by atoms with Gasteiger partial charge in [-0.05, 0) is 43.9 Å². The largest absolute Gasteiger partial charge is 0.493 e. The Labute approximate surface area is 139 Å². The molecule has 0 aromatic heterocycles. The van der Waals surface area contributed by atoms with Crippen molar-refractivity contribution in [1.29, 1.82) is 0 Å². The first-order valence-corrected chi connectivity index (χ1v) is 7.85. The Balaban J connectivity index is 0.00000242. The van der Waals surface area contributed by atoms with Crippen LogP contribution in [0.2, 0.25) is 0 Å². The number of piperidine rings is 1. The van der Waals surface area contributed by atoms with E-state index in [2.05, 4.69) is 17.6 Å². The minimum Gasteiger partial charge on any atom is -0.493 e. The van der Waals surface area contributed by atoms with Crippen LogP contribution >= 0.6 is 12.4 Å². The van der Waals surface area contributed by atoms with E-state index < -0.39 is 0 Å². The normalized spacial score (nSPS) is 20.8. The molecule has 2 unspecified atom stereocenters. The maximum atomic E-state index is 11.9. The van der Waals surface area contributed by atoms with Gasteiger partial charge in [-0.2, -0.15) is 0 Å². The first-order chi connectivity index (χ1) is 10.2. The Morgan fingerprint density at radius 1 is 1.41 bits per heavy atom. The van der Waals surface area contributed by atoms with Crippen LogP contribution in [0, 0.1) is 12.8 Å². The number of nitrogens with one attached hydrogen (secondary N) is 2. The number of carbonyl (C=O) groups is 1. The minimum absolute atomic E-state index is 0. The fourth-order valence-electron chi connectivity index (χ4n) is 2.60. The molecule has 0 bridgehead atoms. The molecular formula is C17H27ClN2O2. The number of ether oxygens (including phenoxy) is 1. The second-order valence-electron chi connectivity index (χ2n) is 5.86. The van der Waals surface area contributed by atoms with Crippen LogP contribution < -0.4 is 15.4 Å². The number of rotatable bonds is 6. The zero-order chi connectivity index (χ0) is 15.1. The molecule has 0 saturated carbocycles. The van der Waals surface area contributed by atoms with Crippen LogP contribution in [0.25, 0.3) is 0 Å². The number of benzene rings is 1. The quantitative estimate of drug-likeness (QED) is 0.790. The van der Waals surface area contributed by atoms with Gasteiger partial charge in [-0.15, -0.1) is 12.4 Å². The molecule has 1 fully saturated rings. The summed E-state index contributed by atoms with van der Waals surface area (Å²) in [4.78, 5) is 11.9. The predicted molar refractivity (Wildman–Crippen MR) is 91.7 cm³/mol. The Hall–Kier alpha value is -1.26. The third-order valence-electron chi connectivity index (χ3n) is 4.07. The summed E-state index contributed by atoms with van der Waals surface area (Å²) in [6, 6.07) is 8.22. The van der Waals surface area contributed by atoms with Gasteiger partial charge >= 0.3 is 0 Å². The highest BCUT2D eigenvalue weighted by atomic mass is 35.5. The molecule has 1 aromatic carbocycles. The zero-order valence-corrected chi connectivity index (χ0v) is 14.2. The number of hydrogen-bond acceptors (Lipinski definition) is 3. The number of amides is 1. The molecule has 1 aromatic rings. The van der Waals surface area contributed by atoms with E-state index in [4.69, 9.17) is 4.74 Å². The highest BCUT2D eigenvalue weighted by Crippen LogP contribution is 2.16. The summed E-state index contributed by atoms with van der Waals surface area (Å²) in [5.74, 6) is 1.59. The Morgan fingerprint density at radius 2 is 2.18 bits per heavy atom. The summed E-state index contributed by atoms with van der Waals surface area (Å²) in [6.45, 7) is 6.74. The molecule has 22 heavy (non-hydrogen) atoms. The van der Waals surface area contributed by atoms with E-state index >= 15 is 0 Å². The van der Waals surface area contributed by atoms with Gasteiger partial charge in [0.1, 0.15) is 5.75 Å². The highest BCUT2D eigenvalue weighted by Gasteiger charge is 2.22. The van der Waals surface area contributed by atoms with Crippen LogP contribution in [0.3, 0.4) is 0 Å². The molecule has 1 aliphatic rings. The smallest absolute Gasteiger partial charge is 0.220 e. The third-order valence-corrected chi connectivity index (χ3v) is 4.07. The molecule has 0 radical (unpaired) electrons. The summed E-state index contributed by atoms with van der Waals surface area (Å²) < 4.78 is 5.71. The van der Waals surface area contributed by atoms with E-state index in [-0.39, 0.29) is 24.4 Å². The molecule has 0 aliphatic carbocycles. The van der Waals surface area contributed by atoms with Crippen molar-refractivity contribution < 1.29 is 9.53 Å². The topological polar surface area (TPSA) is 50.4 Å². The molecule has 2 N–H and O–H groups in total. The Kier molecular flexibility index (Phi) is 8.28. The van der Waals surface area contributed by atoms with E-state index in [0.29, 0.717) is 18.9 Å². The average molecular weight is 327 g/mol. The van der Waals surface area contributed by atoms with Gasteiger partial charge < -0.3 is 15.4 Å². The van der Waals surface area contributed by atoms with Gasteiger partial charge in [-0.3, -0.25) is 4.79 Å². The van der Waals surface area contributed by atoms with E-state index in [1.54, 1.807) is 0 Å². The molecule has 4 nitrogen and oxygen atoms in total. The van der Waals surface area contributed by atoms with Crippen molar-refractivity contribution in [3.8, 4) is 5.75 Å². The van der Waals surface area contributed by atoms with Crippen molar-refractivity contribution in [1.82, 2.24) is 10.6 Å². The number of carbonyl (C=O) groups excluding carboxylic acids is 1. The Morgan fingerprint density at radius 3 is 2.91 bits per heavy atom. The maximum absolute atomic E-state index is 11.9. The van der Waals surface area contributed by atoms with E-state index in [0.717, 1.165) is 37.2 Å². The second kappa shape index (κ2) is 9.70. The summed E-state index contributed by atoms with van der Waals surface area (Å²) in [5, 5.41) is 6.45. The van der Waals surface area contributed by atoms with Crippen molar-refractivity contribution in [2.45, 2.75) is 39.2 Å². The summed E-state index contributed by atoms with van der Waals surface area (Å²) in [5.41, 5.74) is 1.13. The lowest BCUT2D eigenvalue weighted by atomic mass is 9.95. The standard InChI is InChI=1S/C17H26N2O2.ClH/c1-13-9-10-18-12-15(13)19-17(20)8-5-11-21-16-7-4-3-6-14(16)2;/h3-4,6-7,13,15,18H,5,8-12H2,1-2H3,(H,19,20);1H. The molecule has 5 heteroatoms. The van der Waals surface area contributed by atoms with Gasteiger partial charge in [-0.1, -0.05) is 25.1 Å². The fraction of sp³-hybridized carbons (Fsp3) is 0.588. The monoisotopic (exact) mass is 326 g/mol. The fourth-order valence-corrected chi connectivity index (χ4v) is 2.60. The lowest BCUT2D eigenvalue weighted by Crippen LogP contribution is -2.50. The second-order valence-corrected chi connectivity index (χ2v) is 5.86. The van der Waals surface area contributed by atoms with Crippen LogP contribution in [-0.2, 0) is 4.79 Å². The molecule has 1 amide bonds. The molecule has 1 aliphatic heterocycles. The molecule has 2 atom stereocenters. The van der Waals surface area contributed by atoms with Crippen molar-refractivity contribution in [3.63, 3.8) is 0 Å². The van der Waals surface area contributed by atoms with E-state index in [1.165, 1.54) is 0 Å². The SMILES string of the molecule is Cc1ccccc1OCCCC(=O)NC1CNCCC1C.Cl. The van der Waals surface area contributed by atoms with Crippen LogP contribution in [-0.4, -0.2) is 31.6 Å². The predicted octanol–water partition coefficient (Wildman–Crippen LogP) is 2.69. The zero-order valence-electron chi connectivity index (χ0n) is 13.4. The summed E-state index contributed by atoms with van der Waals surface area (Å²) in [7, 11) is 0. The van der Waals surface area contributed by atoms with Gasteiger partial charge in [-0.25, -0.2) is 0 Å². The molecule has 1 heterocycles. The first-order valence-electron chi connectivity index (χ1n) is 7.85. The number of hydrogen-bond donors (Lipinski definition) is 2. The number of para-hydroxylation sites is 1. The summed E-state index contributed by atoms with van der Waals surface area (Å²) >= 11 is 0. The Bertz CT molecular complexity index is 468. The minimum atomic E-state index is 0. The first kappa shape index (κ1) is 18.8. The lowest BCUT2D eigenvalue weighted by molar-refractivity contribution is -0.122. The van der Waals surface area contributed by atoms with Crippen LogP contribution in [0.4, 0.5) is 0 Å². The van der Waals surface area contributed by atoms with Crippen molar-refractivity contribution in [3.05, 3.63) is 29.8 Å². The molecule has 2 rings (SSSR count). The highest BCUT2D eigenvalue weighted by molar-refractivity contribution is 5.85. The number of aryl methyl sites for hydroxylation is 1. The average Bonchev–Trinajstić information content (AvgIpc) is 2.48. The van der Waals surface area contributed by atoms with Crippen LogP contribution in [0.15, 0.2) is 24.3 Å². The lowest BCUT2D eigenvalue weighted by Gasteiger charge is -2.30. The van der Waals surface area contributed by atoms with Gasteiger partial charge in [0.05, 0.1) is 6.61 Å². The van der Waals surface area contributed by atoms with Gasteiger partial charge in [0.15, 0.2) is 0 Å². The van der Waals surface area contributed by atoms with Crippen molar-refractivity contribution >= 4 is 18.3 Å². The number of halogens is 1. The molecular weight excluding hydrogens is 300 g/mol. The molecule has 124 valence electrons. The van der Waals surface area contributed by atoms with Gasteiger partial charge in [0.2, 0.25) is 5.91 Å². The van der Waals surface area contributed by atoms with Crippen molar-refractivity contribution in [2.24, 2.45) is 5.92 Å². The summed E-state index contributed by atoms with van der Waals surface area (Å²) in [6.07, 6.45) is 2.39. The van der Waals surface area contributed by atoms with E-state index in [9.17, 15) is 4.79 Å². The van der Waals surface area contributed by atoms with Crippen LogP contribution in [0.1, 0.15) is 31.7 Å². The van der Waals surface area contributed by atoms with Gasteiger partial charge in [0, 0.05) is 19.0 Å². The molecule has 0 spiro atoms. The third kappa shape index (κ3) is 5.85. The van der Waals surface area contributed by atoms with Crippen LogP contribution in [0.5, 0.6) is 5.75 Å². The van der Waals surface area contributed by atoms with Crippen molar-refractivity contribution in [2.75, 3.05) is 19.7 Å². The van der Waals surface area contributed by atoms with E-state index in [1.807, 2.05) is 31.2 Å². The molecule has 1 saturated heterocycles. The maximum Gasteiger partial charge on any atom is 0.220 e. The van der Waals surface area contributed by atoms with Gasteiger partial charge in [0.25, 0.3) is 0 Å².